The van der Waals surface area contributed by atoms with E-state index in [0.29, 0.717) is 0 Å². The summed E-state index contributed by atoms with van der Waals surface area (Å²) in [5, 5.41) is 0.723. The number of hydrogen-bond acceptors (Lipinski definition) is 0. The van der Waals surface area contributed by atoms with Crippen LogP contribution in [-0.2, 0) is 6.42 Å². The van der Waals surface area contributed by atoms with E-state index in [9.17, 15) is 0 Å². The Morgan fingerprint density at radius 3 is 2.12 bits per heavy atom. The summed E-state index contributed by atoms with van der Waals surface area (Å²) in [4.78, 5) is 0. The van der Waals surface area contributed by atoms with Crippen molar-refractivity contribution >= 4 is 43.5 Å². The topological polar surface area (TPSA) is 0 Å². The molecule has 0 aromatic heterocycles. The van der Waals surface area contributed by atoms with Gasteiger partial charge in [0.25, 0.3) is 0 Å². The predicted molar refractivity (Wildman–Crippen MR) is 113 cm³/mol. The quantitative estimate of drug-likeness (QED) is 0.351. The third-order valence-electron chi connectivity index (χ3n) is 3.90. The Morgan fingerprint density at radius 2 is 1.44 bits per heavy atom. The monoisotopic (exact) mass is 472 g/mol. The first kappa shape index (κ1) is 18.3. The molecule has 0 amide bonds. The minimum Gasteiger partial charge on any atom is -0.0893 e. The Bertz CT molecular complexity index is 921. The summed E-state index contributed by atoms with van der Waals surface area (Å²) in [6, 6.07) is 24.2. The molecule has 0 spiro atoms. The second-order valence-electron chi connectivity index (χ2n) is 5.65. The van der Waals surface area contributed by atoms with Crippen LogP contribution in [0.2, 0.25) is 5.02 Å². The Hall–Kier alpha value is -1.53. The van der Waals surface area contributed by atoms with Gasteiger partial charge in [-0.2, -0.15) is 0 Å². The molecule has 0 aliphatic carbocycles. The maximum atomic E-state index is 5.96. The number of rotatable bonds is 3. The van der Waals surface area contributed by atoms with Gasteiger partial charge in [-0.15, -0.1) is 0 Å². The third kappa shape index (κ3) is 4.98. The SMILES string of the molecule is Clc1ccc(C#C[C@@H](Cc2ccccc2Br)c2ccccc2Br)cc1. The molecule has 0 bridgehead atoms. The van der Waals surface area contributed by atoms with Crippen molar-refractivity contribution < 1.29 is 0 Å². The molecule has 0 fully saturated rings. The minimum absolute atomic E-state index is 0.0879. The van der Waals surface area contributed by atoms with Crippen LogP contribution in [0.15, 0.2) is 81.7 Å². The van der Waals surface area contributed by atoms with Crippen molar-refractivity contribution in [2.45, 2.75) is 12.3 Å². The predicted octanol–water partition coefficient (Wildman–Crippen LogP) is 7.24. The van der Waals surface area contributed by atoms with Crippen molar-refractivity contribution in [1.82, 2.24) is 0 Å². The van der Waals surface area contributed by atoms with Gasteiger partial charge in [-0.1, -0.05) is 91.7 Å². The summed E-state index contributed by atoms with van der Waals surface area (Å²) in [7, 11) is 0. The smallest absolute Gasteiger partial charge is 0.0507 e. The van der Waals surface area contributed by atoms with Gasteiger partial charge in [-0.25, -0.2) is 0 Å². The van der Waals surface area contributed by atoms with E-state index < -0.39 is 0 Å². The van der Waals surface area contributed by atoms with Crippen LogP contribution in [0.3, 0.4) is 0 Å². The highest BCUT2D eigenvalue weighted by molar-refractivity contribution is 9.10. The molecule has 124 valence electrons. The van der Waals surface area contributed by atoms with Gasteiger partial charge in [0.15, 0.2) is 0 Å². The number of benzene rings is 3. The maximum Gasteiger partial charge on any atom is 0.0507 e. The Labute approximate surface area is 170 Å². The second-order valence-corrected chi connectivity index (χ2v) is 7.79. The second kappa shape index (κ2) is 8.72. The summed E-state index contributed by atoms with van der Waals surface area (Å²) < 4.78 is 2.19. The molecule has 3 heteroatoms. The molecule has 3 rings (SSSR count). The number of halogens is 3. The van der Waals surface area contributed by atoms with E-state index in [1.54, 1.807) is 0 Å². The van der Waals surface area contributed by atoms with E-state index in [1.807, 2.05) is 36.4 Å². The van der Waals surface area contributed by atoms with Crippen molar-refractivity contribution in [3.8, 4) is 11.8 Å². The molecular formula is C22H15Br2Cl. The summed E-state index contributed by atoms with van der Waals surface area (Å²) in [5.74, 6) is 6.82. The minimum atomic E-state index is 0.0879. The van der Waals surface area contributed by atoms with Crippen molar-refractivity contribution in [3.05, 3.63) is 103 Å². The van der Waals surface area contributed by atoms with E-state index in [2.05, 4.69) is 80.1 Å². The Kier molecular flexibility index (Phi) is 6.37. The zero-order valence-electron chi connectivity index (χ0n) is 13.3. The van der Waals surface area contributed by atoms with Crippen LogP contribution in [0, 0.1) is 11.8 Å². The van der Waals surface area contributed by atoms with Crippen LogP contribution in [0.25, 0.3) is 0 Å². The van der Waals surface area contributed by atoms with Gasteiger partial charge in [0.2, 0.25) is 0 Å². The van der Waals surface area contributed by atoms with Crippen LogP contribution in [0.4, 0.5) is 0 Å². The summed E-state index contributed by atoms with van der Waals surface area (Å²) in [6.45, 7) is 0. The molecule has 0 saturated heterocycles. The average Bonchev–Trinajstić information content (AvgIpc) is 2.62. The lowest BCUT2D eigenvalue weighted by Crippen LogP contribution is -2.02. The molecule has 0 heterocycles. The fraction of sp³-hybridized carbons (Fsp3) is 0.0909. The number of hydrogen-bond donors (Lipinski definition) is 0. The molecule has 0 N–H and O–H groups in total. The van der Waals surface area contributed by atoms with Crippen LogP contribution in [0.1, 0.15) is 22.6 Å². The van der Waals surface area contributed by atoms with E-state index in [0.717, 1.165) is 26.0 Å². The van der Waals surface area contributed by atoms with Crippen LogP contribution in [0.5, 0.6) is 0 Å². The first-order valence-corrected chi connectivity index (χ1v) is 9.85. The average molecular weight is 475 g/mol. The maximum absolute atomic E-state index is 5.96. The zero-order chi connectivity index (χ0) is 17.6. The molecule has 3 aromatic rings. The lowest BCUT2D eigenvalue weighted by atomic mass is 9.92. The largest absolute Gasteiger partial charge is 0.0893 e. The molecule has 0 aliphatic heterocycles. The molecule has 3 aromatic carbocycles. The van der Waals surface area contributed by atoms with Gasteiger partial charge in [-0.05, 0) is 53.9 Å². The van der Waals surface area contributed by atoms with E-state index in [4.69, 9.17) is 11.6 Å². The van der Waals surface area contributed by atoms with Gasteiger partial charge >= 0.3 is 0 Å². The zero-order valence-corrected chi connectivity index (χ0v) is 17.3. The van der Waals surface area contributed by atoms with Gasteiger partial charge < -0.3 is 0 Å². The first-order valence-electron chi connectivity index (χ1n) is 7.88. The fourth-order valence-electron chi connectivity index (χ4n) is 2.58. The highest BCUT2D eigenvalue weighted by Gasteiger charge is 2.14. The molecule has 25 heavy (non-hydrogen) atoms. The van der Waals surface area contributed by atoms with E-state index >= 15 is 0 Å². The Balaban J connectivity index is 1.97. The summed E-state index contributed by atoms with van der Waals surface area (Å²) in [5.41, 5.74) is 3.40. The molecule has 1 atom stereocenters. The van der Waals surface area contributed by atoms with Gasteiger partial charge in [0, 0.05) is 19.5 Å². The molecule has 0 saturated carbocycles. The summed E-state index contributed by atoms with van der Waals surface area (Å²) >= 11 is 13.3. The van der Waals surface area contributed by atoms with Gasteiger partial charge in [0.05, 0.1) is 5.92 Å². The molecular weight excluding hydrogens is 460 g/mol. The van der Waals surface area contributed by atoms with E-state index in [-0.39, 0.29) is 5.92 Å². The summed E-state index contributed by atoms with van der Waals surface area (Å²) in [6.07, 6.45) is 0.838. The third-order valence-corrected chi connectivity index (χ3v) is 5.65. The lowest BCUT2D eigenvalue weighted by molar-refractivity contribution is 0.854. The van der Waals surface area contributed by atoms with Crippen molar-refractivity contribution in [2.75, 3.05) is 0 Å². The van der Waals surface area contributed by atoms with Gasteiger partial charge in [0.1, 0.15) is 0 Å². The van der Waals surface area contributed by atoms with Gasteiger partial charge in [-0.3, -0.25) is 0 Å². The first-order chi connectivity index (χ1) is 12.1. The highest BCUT2D eigenvalue weighted by atomic mass is 79.9. The highest BCUT2D eigenvalue weighted by Crippen LogP contribution is 2.30. The molecule has 0 unspecified atom stereocenters. The van der Waals surface area contributed by atoms with E-state index in [1.165, 1.54) is 11.1 Å². The van der Waals surface area contributed by atoms with Crippen LogP contribution in [-0.4, -0.2) is 0 Å². The van der Waals surface area contributed by atoms with Crippen LogP contribution < -0.4 is 0 Å². The molecule has 0 radical (unpaired) electrons. The van der Waals surface area contributed by atoms with Crippen molar-refractivity contribution in [1.29, 1.82) is 0 Å². The molecule has 0 aliphatic rings. The molecule has 0 nitrogen and oxygen atoms in total. The Morgan fingerprint density at radius 1 is 0.800 bits per heavy atom. The van der Waals surface area contributed by atoms with Crippen molar-refractivity contribution in [3.63, 3.8) is 0 Å². The van der Waals surface area contributed by atoms with Crippen LogP contribution >= 0.6 is 43.5 Å². The normalized spacial score (nSPS) is 11.5. The van der Waals surface area contributed by atoms with Crippen molar-refractivity contribution in [2.24, 2.45) is 0 Å². The lowest BCUT2D eigenvalue weighted by Gasteiger charge is -2.14. The standard InChI is InChI=1S/C22H15Br2Cl/c23-21-7-3-1-5-18(21)15-17(20-6-2-4-8-22(20)24)12-9-16-10-13-19(25)14-11-16/h1-8,10-11,13-14,17H,15H2/t17-/m0/s1. The fourth-order valence-corrected chi connectivity index (χ4v) is 3.72.